The molecule has 0 aromatic heterocycles. The summed E-state index contributed by atoms with van der Waals surface area (Å²) in [5.74, 6) is 0. The summed E-state index contributed by atoms with van der Waals surface area (Å²) in [5, 5.41) is -1.14. The van der Waals surface area contributed by atoms with Crippen molar-refractivity contribution in [3.05, 3.63) is 0 Å². The van der Waals surface area contributed by atoms with Crippen LogP contribution in [0, 0.1) is 0 Å². The molecule has 1 saturated heterocycles. The van der Waals surface area contributed by atoms with E-state index in [1.807, 2.05) is 0 Å². The van der Waals surface area contributed by atoms with Crippen molar-refractivity contribution in [1.82, 2.24) is 0 Å². The van der Waals surface area contributed by atoms with Gasteiger partial charge in [0.15, 0.2) is 5.12 Å². The normalized spacial score (nSPS) is 20.5. The second-order valence-corrected chi connectivity index (χ2v) is 4.01. The molecule has 0 spiro atoms. The Hall–Kier alpha value is 0.170. The van der Waals surface area contributed by atoms with Crippen LogP contribution in [0.5, 0.6) is 0 Å². The molecule has 0 bridgehead atoms. The predicted molar refractivity (Wildman–Crippen MR) is 56.5 cm³/mol. The van der Waals surface area contributed by atoms with E-state index in [9.17, 15) is 0 Å². The van der Waals surface area contributed by atoms with E-state index in [0.29, 0.717) is 6.61 Å². The fourth-order valence-electron chi connectivity index (χ4n) is 0.804. The third-order valence-electron chi connectivity index (χ3n) is 1.78. The number of nitrogens with two attached hydrogens (primary N) is 2. The number of rotatable bonds is 4. The fourth-order valence-corrected chi connectivity index (χ4v) is 0.930. The molecule has 0 aliphatic carbocycles. The van der Waals surface area contributed by atoms with Crippen LogP contribution in [0.4, 0.5) is 0 Å². The number of alkyl halides is 1. The molecule has 1 heterocycles. The second kappa shape index (κ2) is 6.60. The van der Waals surface area contributed by atoms with E-state index in [4.69, 9.17) is 27.8 Å². The van der Waals surface area contributed by atoms with Crippen LogP contribution in [0.15, 0.2) is 0 Å². The molecule has 3 nitrogen and oxygen atoms in total. The Labute approximate surface area is 85.8 Å². The van der Waals surface area contributed by atoms with Gasteiger partial charge in [-0.2, -0.15) is 0 Å². The Morgan fingerprint density at radius 3 is 1.77 bits per heavy atom. The minimum Gasteiger partial charge on any atom is -0.368 e. The van der Waals surface area contributed by atoms with E-state index < -0.39 is 5.12 Å². The summed E-state index contributed by atoms with van der Waals surface area (Å²) in [6, 6.07) is 0. The highest BCUT2D eigenvalue weighted by molar-refractivity contribution is 6.23. The highest BCUT2D eigenvalue weighted by Crippen LogP contribution is 2.20. The molecular weight excluding hydrogens is 188 g/mol. The molecule has 1 unspecified atom stereocenters. The molecule has 0 aromatic carbocycles. The maximum Gasteiger partial charge on any atom is 0.170 e. The summed E-state index contributed by atoms with van der Waals surface area (Å²) in [7, 11) is 0. The number of halogens is 1. The molecule has 13 heavy (non-hydrogen) atoms. The number of unbranched alkanes of at least 4 members (excludes halogenated alkanes) is 3. The summed E-state index contributed by atoms with van der Waals surface area (Å²) in [6.07, 6.45) is 5.41. The van der Waals surface area contributed by atoms with Gasteiger partial charge in [0.25, 0.3) is 0 Å². The van der Waals surface area contributed by atoms with Crippen LogP contribution in [0.3, 0.4) is 0 Å². The van der Waals surface area contributed by atoms with Crippen molar-refractivity contribution in [3.8, 4) is 0 Å². The molecule has 1 fully saturated rings. The van der Waals surface area contributed by atoms with E-state index in [2.05, 4.69) is 13.8 Å². The Morgan fingerprint density at radius 1 is 1.31 bits per heavy atom. The molecule has 4 N–H and O–H groups in total. The van der Waals surface area contributed by atoms with Gasteiger partial charge < -0.3 is 4.74 Å². The van der Waals surface area contributed by atoms with Crippen molar-refractivity contribution in [1.29, 1.82) is 0 Å². The average molecular weight is 209 g/mol. The van der Waals surface area contributed by atoms with Gasteiger partial charge in [-0.15, -0.1) is 0 Å². The molecule has 0 aromatic rings. The SMILES string of the molecule is CCCCCC.NC(N)(Cl)C1CO1. The largest absolute Gasteiger partial charge is 0.368 e. The molecular formula is C9H21ClN2O. The van der Waals surface area contributed by atoms with E-state index in [1.165, 1.54) is 25.7 Å². The molecule has 0 amide bonds. The highest BCUT2D eigenvalue weighted by atomic mass is 35.5. The van der Waals surface area contributed by atoms with Gasteiger partial charge in [0.05, 0.1) is 6.61 Å². The number of hydrogen-bond acceptors (Lipinski definition) is 3. The standard InChI is InChI=1S/C6H14.C3H7ClN2O/c1-3-5-6-4-2;4-3(5,6)2-1-7-2/h3-6H2,1-2H3;2H,1,5-6H2. The third kappa shape index (κ3) is 8.50. The topological polar surface area (TPSA) is 64.6 Å². The zero-order chi connectivity index (χ0) is 10.3. The van der Waals surface area contributed by atoms with Gasteiger partial charge >= 0.3 is 0 Å². The molecule has 80 valence electrons. The molecule has 1 atom stereocenters. The lowest BCUT2D eigenvalue weighted by Gasteiger charge is -2.09. The highest BCUT2D eigenvalue weighted by Gasteiger charge is 2.39. The van der Waals surface area contributed by atoms with Crippen molar-refractivity contribution in [2.75, 3.05) is 6.61 Å². The molecule has 0 radical (unpaired) electrons. The Morgan fingerprint density at radius 2 is 1.69 bits per heavy atom. The third-order valence-corrected chi connectivity index (χ3v) is 2.03. The first-order valence-electron chi connectivity index (χ1n) is 4.90. The predicted octanol–water partition coefficient (Wildman–Crippen LogP) is 1.78. The van der Waals surface area contributed by atoms with Crippen LogP contribution in [0.25, 0.3) is 0 Å². The molecule has 4 heteroatoms. The fraction of sp³-hybridized carbons (Fsp3) is 1.00. The van der Waals surface area contributed by atoms with Gasteiger partial charge in [0, 0.05) is 0 Å². The Kier molecular flexibility index (Phi) is 6.68. The number of epoxide rings is 1. The van der Waals surface area contributed by atoms with E-state index in [-0.39, 0.29) is 6.10 Å². The zero-order valence-electron chi connectivity index (χ0n) is 8.55. The van der Waals surface area contributed by atoms with E-state index in [0.717, 1.165) is 0 Å². The summed E-state index contributed by atoms with van der Waals surface area (Å²) in [6.45, 7) is 5.06. The van der Waals surface area contributed by atoms with Crippen LogP contribution >= 0.6 is 11.6 Å². The first-order chi connectivity index (χ1) is 6.02. The van der Waals surface area contributed by atoms with Gasteiger partial charge in [-0.05, 0) is 0 Å². The van der Waals surface area contributed by atoms with Gasteiger partial charge in [-0.25, -0.2) is 0 Å². The van der Waals surface area contributed by atoms with Crippen molar-refractivity contribution < 1.29 is 4.74 Å². The summed E-state index contributed by atoms with van der Waals surface area (Å²) >= 11 is 5.36. The van der Waals surface area contributed by atoms with Gasteiger partial charge in [0.1, 0.15) is 6.10 Å². The summed E-state index contributed by atoms with van der Waals surface area (Å²) in [5.41, 5.74) is 10.3. The average Bonchev–Trinajstić information content (AvgIpc) is 2.82. The Balaban J connectivity index is 0.000000226. The number of ether oxygens (including phenoxy) is 1. The van der Waals surface area contributed by atoms with Crippen LogP contribution in [0.1, 0.15) is 39.5 Å². The minimum absolute atomic E-state index is 0.130. The van der Waals surface area contributed by atoms with E-state index >= 15 is 0 Å². The molecule has 0 saturated carbocycles. The van der Waals surface area contributed by atoms with Gasteiger partial charge in [-0.3, -0.25) is 11.5 Å². The minimum atomic E-state index is -1.14. The van der Waals surface area contributed by atoms with Crippen molar-refractivity contribution in [3.63, 3.8) is 0 Å². The summed E-state index contributed by atoms with van der Waals surface area (Å²) < 4.78 is 4.69. The summed E-state index contributed by atoms with van der Waals surface area (Å²) in [4.78, 5) is 0. The van der Waals surface area contributed by atoms with Crippen LogP contribution in [0.2, 0.25) is 0 Å². The maximum absolute atomic E-state index is 5.36. The van der Waals surface area contributed by atoms with Crippen molar-refractivity contribution in [2.24, 2.45) is 11.5 Å². The van der Waals surface area contributed by atoms with Crippen LogP contribution < -0.4 is 11.5 Å². The number of hydrogen-bond donors (Lipinski definition) is 2. The molecule has 1 aliphatic heterocycles. The van der Waals surface area contributed by atoms with Gasteiger partial charge in [-0.1, -0.05) is 51.1 Å². The smallest absolute Gasteiger partial charge is 0.170 e. The lowest BCUT2D eigenvalue weighted by atomic mass is 10.2. The van der Waals surface area contributed by atoms with Gasteiger partial charge in [0.2, 0.25) is 0 Å². The second-order valence-electron chi connectivity index (χ2n) is 3.36. The van der Waals surface area contributed by atoms with Crippen molar-refractivity contribution in [2.45, 2.75) is 50.8 Å². The quantitative estimate of drug-likeness (QED) is 0.243. The monoisotopic (exact) mass is 208 g/mol. The van der Waals surface area contributed by atoms with Crippen LogP contribution in [-0.2, 0) is 4.74 Å². The van der Waals surface area contributed by atoms with Crippen molar-refractivity contribution >= 4 is 11.6 Å². The van der Waals surface area contributed by atoms with E-state index in [1.54, 1.807) is 0 Å². The lowest BCUT2D eigenvalue weighted by Crippen LogP contribution is -2.48. The first kappa shape index (κ1) is 13.2. The first-order valence-corrected chi connectivity index (χ1v) is 5.28. The maximum atomic E-state index is 5.36. The molecule has 1 rings (SSSR count). The Bertz CT molecular complexity index is 117. The van der Waals surface area contributed by atoms with Crippen LogP contribution in [-0.4, -0.2) is 17.8 Å². The zero-order valence-corrected chi connectivity index (χ0v) is 9.31. The molecule has 1 aliphatic rings. The lowest BCUT2D eigenvalue weighted by molar-refractivity contribution is 0.355.